The largest absolute Gasteiger partial charge is 0.308 e. The number of likely N-dealkylation sites (N-methyl/N-ethyl adjacent to an activating group) is 1. The number of rotatable bonds is 3. The Morgan fingerprint density at radius 3 is 2.94 bits per heavy atom. The first kappa shape index (κ1) is 13.0. The normalized spacial score (nSPS) is 20.3. The monoisotopic (exact) mass is 254 g/mol. The van der Waals surface area contributed by atoms with Crippen LogP contribution in [0.15, 0.2) is 18.2 Å². The van der Waals surface area contributed by atoms with Crippen LogP contribution in [0.25, 0.3) is 0 Å². The van der Waals surface area contributed by atoms with E-state index in [0.717, 1.165) is 18.9 Å². The van der Waals surface area contributed by atoms with Gasteiger partial charge < -0.3 is 10.2 Å². The lowest BCUT2D eigenvalue weighted by atomic mass is 10.0. The Kier molecular flexibility index (Phi) is 3.91. The highest BCUT2D eigenvalue weighted by molar-refractivity contribution is 5.98. The van der Waals surface area contributed by atoms with Gasteiger partial charge in [-0.25, -0.2) is 8.78 Å². The van der Waals surface area contributed by atoms with E-state index in [9.17, 15) is 13.6 Å². The molecule has 1 N–H and O–H groups in total. The van der Waals surface area contributed by atoms with Gasteiger partial charge in [-0.3, -0.25) is 4.79 Å². The second kappa shape index (κ2) is 5.44. The molecule has 0 aliphatic carbocycles. The lowest BCUT2D eigenvalue weighted by molar-refractivity contribution is -0.121. The minimum absolute atomic E-state index is 0.0302. The fourth-order valence-corrected chi connectivity index (χ4v) is 2.25. The number of hydrogen-bond donors (Lipinski definition) is 1. The highest BCUT2D eigenvalue weighted by Crippen LogP contribution is 2.25. The van der Waals surface area contributed by atoms with Crippen molar-refractivity contribution in [2.75, 3.05) is 18.0 Å². The maximum atomic E-state index is 13.7. The molecular weight excluding hydrogens is 238 g/mol. The van der Waals surface area contributed by atoms with E-state index in [4.69, 9.17) is 0 Å². The molecule has 1 fully saturated rings. The average molecular weight is 254 g/mol. The van der Waals surface area contributed by atoms with E-state index < -0.39 is 11.6 Å². The minimum atomic E-state index is -0.956. The molecule has 2 rings (SSSR count). The molecule has 1 amide bonds. The lowest BCUT2D eigenvalue weighted by Gasteiger charge is -2.32. The Morgan fingerprint density at radius 1 is 1.44 bits per heavy atom. The molecule has 0 saturated carbocycles. The Bertz CT molecular complexity index is 449. The maximum Gasteiger partial charge on any atom is 0.244 e. The second-order valence-corrected chi connectivity index (χ2v) is 4.32. The van der Waals surface area contributed by atoms with E-state index in [-0.39, 0.29) is 17.6 Å². The molecule has 98 valence electrons. The standard InChI is InChI=1S/C13H16F2N2O/c1-2-16-10-6-4-8-17(13(10)18)11-7-3-5-9(14)12(11)15/h3,5,7,10,16H,2,4,6,8H2,1H3. The Balaban J connectivity index is 2.27. The predicted molar refractivity (Wildman–Crippen MR) is 65.4 cm³/mol. The first-order valence-electron chi connectivity index (χ1n) is 6.14. The summed E-state index contributed by atoms with van der Waals surface area (Å²) in [6.45, 7) is 3.02. The quantitative estimate of drug-likeness (QED) is 0.895. The first-order valence-corrected chi connectivity index (χ1v) is 6.14. The molecule has 18 heavy (non-hydrogen) atoms. The molecule has 1 heterocycles. The highest BCUT2D eigenvalue weighted by atomic mass is 19.2. The fraction of sp³-hybridized carbons (Fsp3) is 0.462. The van der Waals surface area contributed by atoms with Gasteiger partial charge in [0.25, 0.3) is 0 Å². The number of halogens is 2. The van der Waals surface area contributed by atoms with Gasteiger partial charge in [-0.1, -0.05) is 13.0 Å². The zero-order valence-corrected chi connectivity index (χ0v) is 10.2. The Hall–Kier alpha value is -1.49. The summed E-state index contributed by atoms with van der Waals surface area (Å²) in [6, 6.07) is 3.60. The van der Waals surface area contributed by atoms with Gasteiger partial charge in [-0.2, -0.15) is 0 Å². The van der Waals surface area contributed by atoms with E-state index >= 15 is 0 Å². The number of benzene rings is 1. The fourth-order valence-electron chi connectivity index (χ4n) is 2.25. The molecule has 0 spiro atoms. The van der Waals surface area contributed by atoms with Crippen molar-refractivity contribution < 1.29 is 13.6 Å². The van der Waals surface area contributed by atoms with Crippen LogP contribution in [0.4, 0.5) is 14.5 Å². The Morgan fingerprint density at radius 2 is 2.22 bits per heavy atom. The number of hydrogen-bond acceptors (Lipinski definition) is 2. The number of anilines is 1. The van der Waals surface area contributed by atoms with Crippen LogP contribution in [0, 0.1) is 11.6 Å². The summed E-state index contributed by atoms with van der Waals surface area (Å²) in [7, 11) is 0. The molecule has 1 aromatic carbocycles. The first-order chi connectivity index (χ1) is 8.65. The molecule has 1 aliphatic heterocycles. The molecule has 0 aromatic heterocycles. The van der Waals surface area contributed by atoms with Crippen molar-refractivity contribution in [3.63, 3.8) is 0 Å². The molecule has 1 aromatic rings. The molecule has 3 nitrogen and oxygen atoms in total. The van der Waals surface area contributed by atoms with Crippen molar-refractivity contribution >= 4 is 11.6 Å². The summed E-state index contributed by atoms with van der Waals surface area (Å²) >= 11 is 0. The van der Waals surface area contributed by atoms with Crippen LogP contribution in [0.2, 0.25) is 0 Å². The van der Waals surface area contributed by atoms with E-state index in [1.165, 1.54) is 17.0 Å². The minimum Gasteiger partial charge on any atom is -0.308 e. The van der Waals surface area contributed by atoms with Crippen molar-refractivity contribution in [2.45, 2.75) is 25.8 Å². The third kappa shape index (κ3) is 2.36. The zero-order chi connectivity index (χ0) is 13.1. The smallest absolute Gasteiger partial charge is 0.244 e. The number of carbonyl (C=O) groups is 1. The van der Waals surface area contributed by atoms with Crippen LogP contribution < -0.4 is 10.2 Å². The van der Waals surface area contributed by atoms with E-state index in [0.29, 0.717) is 13.1 Å². The van der Waals surface area contributed by atoms with Crippen molar-refractivity contribution in [3.8, 4) is 0 Å². The maximum absolute atomic E-state index is 13.7. The van der Waals surface area contributed by atoms with Crippen molar-refractivity contribution in [1.29, 1.82) is 0 Å². The van der Waals surface area contributed by atoms with E-state index in [1.54, 1.807) is 0 Å². The van der Waals surface area contributed by atoms with Gasteiger partial charge in [0, 0.05) is 6.54 Å². The summed E-state index contributed by atoms with van der Waals surface area (Å²) in [5, 5.41) is 3.06. The van der Waals surface area contributed by atoms with Crippen LogP contribution in [0.5, 0.6) is 0 Å². The third-order valence-electron chi connectivity index (χ3n) is 3.11. The molecule has 1 aliphatic rings. The summed E-state index contributed by atoms with van der Waals surface area (Å²) in [5.41, 5.74) is 0.0302. The van der Waals surface area contributed by atoms with E-state index in [2.05, 4.69) is 5.32 Å². The van der Waals surface area contributed by atoms with Gasteiger partial charge in [0.15, 0.2) is 11.6 Å². The molecule has 0 radical (unpaired) electrons. The van der Waals surface area contributed by atoms with Crippen LogP contribution in [-0.4, -0.2) is 25.0 Å². The highest BCUT2D eigenvalue weighted by Gasteiger charge is 2.30. The SMILES string of the molecule is CCNC1CCCN(c2cccc(F)c2F)C1=O. The number of nitrogens with zero attached hydrogens (tertiary/aromatic N) is 1. The van der Waals surface area contributed by atoms with Crippen molar-refractivity contribution in [2.24, 2.45) is 0 Å². The van der Waals surface area contributed by atoms with Gasteiger partial charge in [0.1, 0.15) is 0 Å². The number of carbonyl (C=O) groups excluding carboxylic acids is 1. The summed E-state index contributed by atoms with van der Waals surface area (Å²) < 4.78 is 26.9. The van der Waals surface area contributed by atoms with Gasteiger partial charge in [0.05, 0.1) is 11.7 Å². The average Bonchev–Trinajstić information content (AvgIpc) is 2.36. The van der Waals surface area contributed by atoms with Crippen LogP contribution in [0.3, 0.4) is 0 Å². The van der Waals surface area contributed by atoms with Crippen molar-refractivity contribution in [3.05, 3.63) is 29.8 Å². The van der Waals surface area contributed by atoms with Gasteiger partial charge in [-0.15, -0.1) is 0 Å². The topological polar surface area (TPSA) is 32.3 Å². The Labute approximate surface area is 105 Å². The summed E-state index contributed by atoms with van der Waals surface area (Å²) in [4.78, 5) is 13.5. The molecule has 1 saturated heterocycles. The molecular formula is C13H16F2N2O. The summed E-state index contributed by atoms with van der Waals surface area (Å²) in [6.07, 6.45) is 1.51. The molecule has 5 heteroatoms. The van der Waals surface area contributed by atoms with Crippen LogP contribution in [0.1, 0.15) is 19.8 Å². The lowest BCUT2D eigenvalue weighted by Crippen LogP contribution is -2.51. The number of piperidine rings is 1. The summed E-state index contributed by atoms with van der Waals surface area (Å²) in [5.74, 6) is -2.07. The second-order valence-electron chi connectivity index (χ2n) is 4.32. The predicted octanol–water partition coefficient (Wildman–Crippen LogP) is 2.07. The molecule has 1 unspecified atom stereocenters. The van der Waals surface area contributed by atoms with Gasteiger partial charge >= 0.3 is 0 Å². The number of amides is 1. The molecule has 1 atom stereocenters. The van der Waals surface area contributed by atoms with Gasteiger partial charge in [-0.05, 0) is 31.5 Å². The van der Waals surface area contributed by atoms with Crippen LogP contribution in [-0.2, 0) is 4.79 Å². The molecule has 0 bridgehead atoms. The zero-order valence-electron chi connectivity index (χ0n) is 10.2. The van der Waals surface area contributed by atoms with E-state index in [1.807, 2.05) is 6.92 Å². The van der Waals surface area contributed by atoms with Gasteiger partial charge in [0.2, 0.25) is 5.91 Å². The number of nitrogens with one attached hydrogen (secondary N) is 1. The van der Waals surface area contributed by atoms with Crippen molar-refractivity contribution in [1.82, 2.24) is 5.32 Å². The van der Waals surface area contributed by atoms with Crippen LogP contribution >= 0.6 is 0 Å². The third-order valence-corrected chi connectivity index (χ3v) is 3.11.